The van der Waals surface area contributed by atoms with Crippen molar-refractivity contribution in [3.63, 3.8) is 0 Å². The molecule has 0 aliphatic carbocycles. The minimum atomic E-state index is -3.15. The Morgan fingerprint density at radius 2 is 1.79 bits per heavy atom. The number of piperidine rings is 2. The van der Waals surface area contributed by atoms with Gasteiger partial charge < -0.3 is 4.74 Å². The summed E-state index contributed by atoms with van der Waals surface area (Å²) >= 11 is 0. The van der Waals surface area contributed by atoms with Crippen molar-refractivity contribution < 1.29 is 13.2 Å². The standard InChI is InChI=1S/C18H28N2O3S/c1-23-17-8-6-16(7-9-17)14-19-12-5-11-18(15-19)10-3-4-13-20(18)24(2,21)22/h6-9H,3-5,10-15H2,1-2H3. The molecule has 134 valence electrons. The van der Waals surface area contributed by atoms with E-state index in [9.17, 15) is 8.42 Å². The van der Waals surface area contributed by atoms with Gasteiger partial charge in [-0.2, -0.15) is 4.31 Å². The Morgan fingerprint density at radius 1 is 1.08 bits per heavy atom. The summed E-state index contributed by atoms with van der Waals surface area (Å²) in [6.45, 7) is 3.41. The van der Waals surface area contributed by atoms with Gasteiger partial charge in [0.2, 0.25) is 10.0 Å². The van der Waals surface area contributed by atoms with Gasteiger partial charge >= 0.3 is 0 Å². The SMILES string of the molecule is COc1ccc(CN2CCCC3(CCCCN3S(C)(=O)=O)C2)cc1. The van der Waals surface area contributed by atoms with Crippen LogP contribution < -0.4 is 4.74 Å². The minimum absolute atomic E-state index is 0.198. The van der Waals surface area contributed by atoms with Gasteiger partial charge in [0.05, 0.1) is 13.4 Å². The van der Waals surface area contributed by atoms with Crippen LogP contribution in [0, 0.1) is 0 Å². The van der Waals surface area contributed by atoms with Gasteiger partial charge in [0.25, 0.3) is 0 Å². The molecule has 3 rings (SSSR count). The zero-order chi connectivity index (χ0) is 17.2. The van der Waals surface area contributed by atoms with Crippen LogP contribution in [0.5, 0.6) is 5.75 Å². The summed E-state index contributed by atoms with van der Waals surface area (Å²) in [4.78, 5) is 2.41. The van der Waals surface area contributed by atoms with Crippen LogP contribution in [0.2, 0.25) is 0 Å². The van der Waals surface area contributed by atoms with Crippen LogP contribution in [0.3, 0.4) is 0 Å². The third kappa shape index (κ3) is 3.76. The molecular weight excluding hydrogens is 324 g/mol. The van der Waals surface area contributed by atoms with E-state index in [-0.39, 0.29) is 5.54 Å². The van der Waals surface area contributed by atoms with Crippen molar-refractivity contribution in [2.45, 2.75) is 44.2 Å². The van der Waals surface area contributed by atoms with E-state index < -0.39 is 10.0 Å². The molecule has 0 N–H and O–H groups in total. The Labute approximate surface area is 145 Å². The van der Waals surface area contributed by atoms with Crippen molar-refractivity contribution in [1.29, 1.82) is 0 Å². The molecule has 2 heterocycles. The number of rotatable bonds is 4. The molecule has 2 aliphatic heterocycles. The molecule has 1 spiro atoms. The molecule has 0 saturated carbocycles. The maximum atomic E-state index is 12.3. The van der Waals surface area contributed by atoms with Crippen molar-refractivity contribution in [2.24, 2.45) is 0 Å². The molecule has 1 atom stereocenters. The minimum Gasteiger partial charge on any atom is -0.497 e. The quantitative estimate of drug-likeness (QED) is 0.835. The largest absolute Gasteiger partial charge is 0.497 e. The molecule has 6 heteroatoms. The molecule has 1 aromatic rings. The normalized spacial score (nSPS) is 26.6. The molecule has 2 fully saturated rings. The highest BCUT2D eigenvalue weighted by molar-refractivity contribution is 7.88. The first-order valence-corrected chi connectivity index (χ1v) is 10.6. The van der Waals surface area contributed by atoms with Crippen molar-refractivity contribution in [2.75, 3.05) is 33.0 Å². The number of hydrogen-bond acceptors (Lipinski definition) is 4. The van der Waals surface area contributed by atoms with Gasteiger partial charge in [0.15, 0.2) is 0 Å². The first-order chi connectivity index (χ1) is 11.4. The van der Waals surface area contributed by atoms with Gasteiger partial charge in [-0.05, 0) is 49.9 Å². The Hall–Kier alpha value is -1.11. The summed E-state index contributed by atoms with van der Waals surface area (Å²) in [7, 11) is -1.48. The van der Waals surface area contributed by atoms with E-state index in [1.165, 1.54) is 11.8 Å². The number of nitrogens with zero attached hydrogens (tertiary/aromatic N) is 2. The van der Waals surface area contributed by atoms with Crippen molar-refractivity contribution in [3.8, 4) is 5.75 Å². The monoisotopic (exact) mass is 352 g/mol. The molecule has 2 aliphatic rings. The van der Waals surface area contributed by atoms with Gasteiger partial charge in [0, 0.05) is 25.2 Å². The molecule has 0 radical (unpaired) electrons. The van der Waals surface area contributed by atoms with E-state index in [1.54, 1.807) is 11.4 Å². The fourth-order valence-electron chi connectivity index (χ4n) is 4.33. The zero-order valence-corrected chi connectivity index (χ0v) is 15.5. The first-order valence-electron chi connectivity index (χ1n) is 8.76. The van der Waals surface area contributed by atoms with E-state index in [4.69, 9.17) is 4.74 Å². The fraction of sp³-hybridized carbons (Fsp3) is 0.667. The van der Waals surface area contributed by atoms with Crippen LogP contribution in [-0.4, -0.2) is 56.2 Å². The predicted molar refractivity (Wildman–Crippen MR) is 95.6 cm³/mol. The zero-order valence-electron chi connectivity index (χ0n) is 14.7. The van der Waals surface area contributed by atoms with E-state index in [0.717, 1.165) is 57.5 Å². The average molecular weight is 353 g/mol. The van der Waals surface area contributed by atoms with E-state index in [0.29, 0.717) is 6.54 Å². The van der Waals surface area contributed by atoms with Crippen LogP contribution >= 0.6 is 0 Å². The second-order valence-corrected chi connectivity index (χ2v) is 9.09. The summed E-state index contributed by atoms with van der Waals surface area (Å²) in [6.07, 6.45) is 6.50. The molecule has 0 aromatic heterocycles. The van der Waals surface area contributed by atoms with E-state index >= 15 is 0 Å². The smallest absolute Gasteiger partial charge is 0.211 e. The lowest BCUT2D eigenvalue weighted by Crippen LogP contribution is -2.61. The molecule has 0 amide bonds. The molecule has 1 unspecified atom stereocenters. The third-order valence-corrected chi connectivity index (χ3v) is 6.75. The number of benzene rings is 1. The second kappa shape index (κ2) is 7.02. The highest BCUT2D eigenvalue weighted by Gasteiger charge is 2.45. The maximum absolute atomic E-state index is 12.3. The van der Waals surface area contributed by atoms with Gasteiger partial charge in [-0.3, -0.25) is 4.90 Å². The van der Waals surface area contributed by atoms with Crippen LogP contribution in [0.25, 0.3) is 0 Å². The number of likely N-dealkylation sites (tertiary alicyclic amines) is 1. The predicted octanol–water partition coefficient (Wildman–Crippen LogP) is 2.48. The van der Waals surface area contributed by atoms with Gasteiger partial charge in [-0.15, -0.1) is 0 Å². The fourth-order valence-corrected chi connectivity index (χ4v) is 5.73. The van der Waals surface area contributed by atoms with Crippen molar-refractivity contribution in [3.05, 3.63) is 29.8 Å². The lowest BCUT2D eigenvalue weighted by atomic mass is 9.81. The molecule has 24 heavy (non-hydrogen) atoms. The number of methoxy groups -OCH3 is 1. The molecule has 0 bridgehead atoms. The highest BCUT2D eigenvalue weighted by atomic mass is 32.2. The third-order valence-electron chi connectivity index (χ3n) is 5.38. The summed E-state index contributed by atoms with van der Waals surface area (Å²) < 4.78 is 31.6. The van der Waals surface area contributed by atoms with Gasteiger partial charge in [0.1, 0.15) is 5.75 Å². The topological polar surface area (TPSA) is 49.9 Å². The van der Waals surface area contributed by atoms with Crippen LogP contribution in [0.15, 0.2) is 24.3 Å². The molecule has 2 saturated heterocycles. The summed E-state index contributed by atoms with van der Waals surface area (Å²) in [5.74, 6) is 0.865. The maximum Gasteiger partial charge on any atom is 0.211 e. The Morgan fingerprint density at radius 3 is 2.46 bits per heavy atom. The van der Waals surface area contributed by atoms with E-state index in [2.05, 4.69) is 17.0 Å². The highest BCUT2D eigenvalue weighted by Crippen LogP contribution is 2.38. The van der Waals surface area contributed by atoms with Gasteiger partial charge in [-0.1, -0.05) is 18.6 Å². The lowest BCUT2D eigenvalue weighted by Gasteiger charge is -2.51. The van der Waals surface area contributed by atoms with E-state index in [1.807, 2.05) is 12.1 Å². The Bertz CT molecular complexity index is 655. The van der Waals surface area contributed by atoms with Crippen LogP contribution in [-0.2, 0) is 16.6 Å². The van der Waals surface area contributed by atoms with Crippen LogP contribution in [0.4, 0.5) is 0 Å². The first kappa shape index (κ1) is 17.7. The van der Waals surface area contributed by atoms with Crippen LogP contribution in [0.1, 0.15) is 37.7 Å². The number of hydrogen-bond donors (Lipinski definition) is 0. The molecular formula is C18H28N2O3S. The molecule has 1 aromatic carbocycles. The Kier molecular flexibility index (Phi) is 5.18. The van der Waals surface area contributed by atoms with Gasteiger partial charge in [-0.25, -0.2) is 8.42 Å². The van der Waals surface area contributed by atoms with Crippen molar-refractivity contribution in [1.82, 2.24) is 9.21 Å². The summed E-state index contributed by atoms with van der Waals surface area (Å²) in [5, 5.41) is 0. The average Bonchev–Trinajstić information content (AvgIpc) is 2.55. The van der Waals surface area contributed by atoms with Crippen molar-refractivity contribution >= 4 is 10.0 Å². The Balaban J connectivity index is 1.74. The number of ether oxygens (including phenoxy) is 1. The summed E-state index contributed by atoms with van der Waals surface area (Å²) in [6, 6.07) is 8.15. The summed E-state index contributed by atoms with van der Waals surface area (Å²) in [5.41, 5.74) is 1.05. The molecule has 5 nitrogen and oxygen atoms in total. The second-order valence-electron chi connectivity index (χ2n) is 7.18. The number of sulfonamides is 1. The lowest BCUT2D eigenvalue weighted by molar-refractivity contribution is 0.0337.